The largest absolute Gasteiger partial charge is 0.353 e. The van der Waals surface area contributed by atoms with Crippen LogP contribution in [0.2, 0.25) is 10.0 Å². The minimum Gasteiger partial charge on any atom is -0.353 e. The molecule has 0 spiro atoms. The maximum absolute atomic E-state index is 13.6. The molecule has 0 aliphatic carbocycles. The van der Waals surface area contributed by atoms with Crippen LogP contribution in [0, 0.1) is 12.7 Å². The molecule has 8 heteroatoms. The highest BCUT2D eigenvalue weighted by Crippen LogP contribution is 2.25. The van der Waals surface area contributed by atoms with Gasteiger partial charge in [-0.05, 0) is 37.3 Å². The van der Waals surface area contributed by atoms with Crippen molar-refractivity contribution in [3.05, 3.63) is 75.7 Å². The minimum atomic E-state index is -0.325. The molecule has 2 heterocycles. The van der Waals surface area contributed by atoms with Crippen molar-refractivity contribution in [2.75, 3.05) is 31.1 Å². The summed E-state index contributed by atoms with van der Waals surface area (Å²) in [7, 11) is 0. The summed E-state index contributed by atoms with van der Waals surface area (Å²) in [6, 6.07) is 13.1. The van der Waals surface area contributed by atoms with Crippen LogP contribution in [0.15, 0.2) is 48.5 Å². The molecule has 1 aliphatic rings. The van der Waals surface area contributed by atoms with Crippen molar-refractivity contribution in [1.29, 1.82) is 0 Å². The molecule has 1 aliphatic heterocycles. The molecule has 5 nitrogen and oxygen atoms in total. The van der Waals surface area contributed by atoms with E-state index in [-0.39, 0.29) is 11.7 Å². The fourth-order valence-corrected chi connectivity index (χ4v) is 3.72. The number of hydrogen-bond acceptors (Lipinski definition) is 4. The van der Waals surface area contributed by atoms with Gasteiger partial charge in [0.2, 0.25) is 0 Å². The number of rotatable bonds is 3. The molecular weight excluding hydrogens is 426 g/mol. The number of carbonyl (C=O) groups is 1. The predicted molar refractivity (Wildman–Crippen MR) is 117 cm³/mol. The zero-order chi connectivity index (χ0) is 21.3. The van der Waals surface area contributed by atoms with Crippen LogP contribution in [0.5, 0.6) is 0 Å². The first-order valence-electron chi connectivity index (χ1n) is 9.51. The number of halogens is 3. The third kappa shape index (κ3) is 4.40. The number of nitrogens with zero attached hydrogens (tertiary/aromatic N) is 4. The predicted octanol–water partition coefficient (Wildman–Crippen LogP) is 4.86. The van der Waals surface area contributed by atoms with E-state index in [4.69, 9.17) is 23.2 Å². The van der Waals surface area contributed by atoms with Crippen molar-refractivity contribution in [2.45, 2.75) is 6.92 Å². The molecule has 0 unspecified atom stereocenters. The van der Waals surface area contributed by atoms with Gasteiger partial charge >= 0.3 is 0 Å². The lowest BCUT2D eigenvalue weighted by Crippen LogP contribution is -2.49. The Labute approximate surface area is 184 Å². The lowest BCUT2D eigenvalue weighted by atomic mass is 10.1. The molecule has 1 amide bonds. The maximum Gasteiger partial charge on any atom is 0.254 e. The van der Waals surface area contributed by atoms with Crippen LogP contribution in [0.3, 0.4) is 0 Å². The zero-order valence-electron chi connectivity index (χ0n) is 16.3. The zero-order valence-corrected chi connectivity index (χ0v) is 17.8. The molecule has 1 fully saturated rings. The Morgan fingerprint density at radius 2 is 1.73 bits per heavy atom. The topological polar surface area (TPSA) is 49.3 Å². The van der Waals surface area contributed by atoms with Gasteiger partial charge in [-0.2, -0.15) is 0 Å². The monoisotopic (exact) mass is 444 g/mol. The van der Waals surface area contributed by atoms with Crippen LogP contribution in [0.1, 0.15) is 16.1 Å². The summed E-state index contributed by atoms with van der Waals surface area (Å²) >= 11 is 12.0. The van der Waals surface area contributed by atoms with Crippen molar-refractivity contribution in [2.24, 2.45) is 0 Å². The molecule has 30 heavy (non-hydrogen) atoms. The highest BCUT2D eigenvalue weighted by atomic mass is 35.5. The van der Waals surface area contributed by atoms with E-state index in [1.165, 1.54) is 12.1 Å². The van der Waals surface area contributed by atoms with Crippen molar-refractivity contribution in [3.63, 3.8) is 0 Å². The van der Waals surface area contributed by atoms with E-state index in [2.05, 4.69) is 14.9 Å². The highest BCUT2D eigenvalue weighted by Gasteiger charge is 2.24. The van der Waals surface area contributed by atoms with Gasteiger partial charge in [-0.3, -0.25) is 4.79 Å². The van der Waals surface area contributed by atoms with Gasteiger partial charge in [-0.25, -0.2) is 14.4 Å². The SMILES string of the molecule is Cc1cc(N2CCN(C(=O)c3ccc(Cl)c(Cl)c3)CC2)nc(-c2cccc(F)c2)n1. The molecular formula is C22H19Cl2FN4O. The van der Waals surface area contributed by atoms with Crippen LogP contribution in [0.4, 0.5) is 10.2 Å². The molecule has 3 aromatic rings. The molecule has 2 aromatic carbocycles. The summed E-state index contributed by atoms with van der Waals surface area (Å²) in [6.07, 6.45) is 0. The number of benzene rings is 2. The van der Waals surface area contributed by atoms with Gasteiger partial charge in [0, 0.05) is 49.1 Å². The van der Waals surface area contributed by atoms with Gasteiger partial charge in [-0.1, -0.05) is 35.3 Å². The average molecular weight is 445 g/mol. The second kappa shape index (κ2) is 8.58. The Morgan fingerprint density at radius 1 is 0.967 bits per heavy atom. The number of aryl methyl sites for hydroxylation is 1. The number of aromatic nitrogens is 2. The Morgan fingerprint density at radius 3 is 2.43 bits per heavy atom. The van der Waals surface area contributed by atoms with E-state index in [0.717, 1.165) is 11.5 Å². The first-order valence-corrected chi connectivity index (χ1v) is 10.3. The normalized spacial score (nSPS) is 14.1. The van der Waals surface area contributed by atoms with Crippen molar-refractivity contribution in [3.8, 4) is 11.4 Å². The lowest BCUT2D eigenvalue weighted by molar-refractivity contribution is 0.0746. The maximum atomic E-state index is 13.6. The first kappa shape index (κ1) is 20.6. The van der Waals surface area contributed by atoms with E-state index < -0.39 is 0 Å². The molecule has 1 aromatic heterocycles. The molecule has 0 saturated carbocycles. The molecule has 1 saturated heterocycles. The Hall–Kier alpha value is -2.70. The van der Waals surface area contributed by atoms with Crippen LogP contribution in [-0.2, 0) is 0 Å². The summed E-state index contributed by atoms with van der Waals surface area (Å²) in [6.45, 7) is 4.26. The van der Waals surface area contributed by atoms with Gasteiger partial charge < -0.3 is 9.80 Å². The smallest absolute Gasteiger partial charge is 0.254 e. The molecule has 154 valence electrons. The molecule has 0 bridgehead atoms. The Bertz CT molecular complexity index is 1100. The van der Waals surface area contributed by atoms with Gasteiger partial charge in [0.15, 0.2) is 5.82 Å². The highest BCUT2D eigenvalue weighted by molar-refractivity contribution is 6.42. The number of carbonyl (C=O) groups excluding carboxylic acids is 1. The Kier molecular flexibility index (Phi) is 5.88. The summed E-state index contributed by atoms with van der Waals surface area (Å²) in [5.41, 5.74) is 1.95. The Balaban J connectivity index is 1.49. The van der Waals surface area contributed by atoms with E-state index >= 15 is 0 Å². The van der Waals surface area contributed by atoms with Crippen molar-refractivity contribution in [1.82, 2.24) is 14.9 Å². The molecule has 0 atom stereocenters. The minimum absolute atomic E-state index is 0.0764. The summed E-state index contributed by atoms with van der Waals surface area (Å²) in [5.74, 6) is 0.850. The van der Waals surface area contributed by atoms with Crippen LogP contribution in [-0.4, -0.2) is 47.0 Å². The van der Waals surface area contributed by atoms with Gasteiger partial charge in [-0.15, -0.1) is 0 Å². The van der Waals surface area contributed by atoms with Crippen molar-refractivity contribution >= 4 is 34.9 Å². The van der Waals surface area contributed by atoms with E-state index in [9.17, 15) is 9.18 Å². The summed E-state index contributed by atoms with van der Waals surface area (Å²) < 4.78 is 13.6. The van der Waals surface area contributed by atoms with E-state index in [1.54, 1.807) is 35.2 Å². The van der Waals surface area contributed by atoms with E-state index in [1.807, 2.05) is 13.0 Å². The second-order valence-electron chi connectivity index (χ2n) is 7.11. The molecule has 0 radical (unpaired) electrons. The fourth-order valence-electron chi connectivity index (χ4n) is 3.42. The number of anilines is 1. The van der Waals surface area contributed by atoms with Crippen molar-refractivity contribution < 1.29 is 9.18 Å². The third-order valence-corrected chi connectivity index (χ3v) is 5.72. The molecule has 0 N–H and O–H groups in total. The molecule has 4 rings (SSSR count). The van der Waals surface area contributed by atoms with E-state index in [0.29, 0.717) is 53.2 Å². The second-order valence-corrected chi connectivity index (χ2v) is 7.92. The third-order valence-electron chi connectivity index (χ3n) is 4.98. The number of amides is 1. The lowest BCUT2D eigenvalue weighted by Gasteiger charge is -2.35. The summed E-state index contributed by atoms with van der Waals surface area (Å²) in [4.78, 5) is 25.7. The first-order chi connectivity index (χ1) is 14.4. The standard InChI is InChI=1S/C22H19Cl2FN4O/c1-14-11-20(27-21(26-14)15-3-2-4-17(25)12-15)28-7-9-29(10-8-28)22(30)16-5-6-18(23)19(24)13-16/h2-6,11-13H,7-10H2,1H3. The van der Waals surface area contributed by atoms with Gasteiger partial charge in [0.1, 0.15) is 11.6 Å². The van der Waals surface area contributed by atoms with Crippen LogP contribution < -0.4 is 4.90 Å². The van der Waals surface area contributed by atoms with Gasteiger partial charge in [0.05, 0.1) is 10.0 Å². The number of piperazine rings is 1. The van der Waals surface area contributed by atoms with Crippen LogP contribution >= 0.6 is 23.2 Å². The quantitative estimate of drug-likeness (QED) is 0.578. The van der Waals surface area contributed by atoms with Gasteiger partial charge in [0.25, 0.3) is 5.91 Å². The average Bonchev–Trinajstić information content (AvgIpc) is 2.75. The number of hydrogen-bond donors (Lipinski definition) is 0. The fraction of sp³-hybridized carbons (Fsp3) is 0.227. The van der Waals surface area contributed by atoms with Crippen LogP contribution in [0.25, 0.3) is 11.4 Å². The summed E-state index contributed by atoms with van der Waals surface area (Å²) in [5, 5.41) is 0.786.